The number of nitro benzene ring substituents is 1. The minimum absolute atomic E-state index is 0.00940. The SMILES string of the molecule is COc1ccc(C(OC[C@H]2O[C@H](n3c(=O)[nH]c(=O)c4cc([N+](=O)[O-])ccc43)C[C@@H]2O)(c2ccccc2)c2ccc(OC)cc2)cc1. The quantitative estimate of drug-likeness (QED) is 0.131. The summed E-state index contributed by atoms with van der Waals surface area (Å²) in [7, 11) is 3.18. The van der Waals surface area contributed by atoms with Crippen LogP contribution in [0.4, 0.5) is 5.69 Å². The molecule has 0 amide bonds. The Hall–Kier alpha value is -5.30. The van der Waals surface area contributed by atoms with Crippen LogP contribution in [0, 0.1) is 10.1 Å². The van der Waals surface area contributed by atoms with E-state index in [1.165, 1.54) is 16.7 Å². The molecular weight excluding hydrogens is 594 g/mol. The van der Waals surface area contributed by atoms with E-state index in [4.69, 9.17) is 18.9 Å². The molecule has 0 bridgehead atoms. The van der Waals surface area contributed by atoms with Crippen molar-refractivity contribution in [2.75, 3.05) is 20.8 Å². The van der Waals surface area contributed by atoms with Crippen molar-refractivity contribution in [1.82, 2.24) is 9.55 Å². The van der Waals surface area contributed by atoms with E-state index in [0.29, 0.717) is 11.5 Å². The molecule has 2 heterocycles. The molecule has 6 rings (SSSR count). The van der Waals surface area contributed by atoms with E-state index in [-0.39, 0.29) is 29.6 Å². The molecule has 12 heteroatoms. The van der Waals surface area contributed by atoms with Gasteiger partial charge in [-0.1, -0.05) is 54.6 Å². The third-order valence-corrected chi connectivity index (χ3v) is 8.26. The van der Waals surface area contributed by atoms with Crippen molar-refractivity contribution >= 4 is 16.6 Å². The molecule has 1 aromatic heterocycles. The predicted octanol–water partition coefficient (Wildman–Crippen LogP) is 4.27. The third-order valence-electron chi connectivity index (χ3n) is 8.26. The monoisotopic (exact) mass is 625 g/mol. The number of aromatic amines is 1. The van der Waals surface area contributed by atoms with Crippen molar-refractivity contribution in [3.05, 3.63) is 145 Å². The number of benzene rings is 4. The molecular formula is C34H31N3O9. The molecule has 0 aliphatic carbocycles. The van der Waals surface area contributed by atoms with Crippen molar-refractivity contribution < 1.29 is 29.0 Å². The molecule has 0 unspecified atom stereocenters. The lowest BCUT2D eigenvalue weighted by Crippen LogP contribution is -2.38. The lowest BCUT2D eigenvalue weighted by atomic mass is 9.80. The van der Waals surface area contributed by atoms with E-state index in [0.717, 1.165) is 22.8 Å². The number of fused-ring (bicyclic) bond motifs is 1. The summed E-state index contributed by atoms with van der Waals surface area (Å²) in [6, 6.07) is 28.3. The molecule has 46 heavy (non-hydrogen) atoms. The lowest BCUT2D eigenvalue weighted by molar-refractivity contribution is -0.384. The van der Waals surface area contributed by atoms with Crippen LogP contribution in [0.5, 0.6) is 11.5 Å². The van der Waals surface area contributed by atoms with Crippen molar-refractivity contribution in [1.29, 1.82) is 0 Å². The third kappa shape index (κ3) is 5.53. The van der Waals surface area contributed by atoms with Crippen LogP contribution >= 0.6 is 0 Å². The van der Waals surface area contributed by atoms with Gasteiger partial charge in [-0.05, 0) is 47.0 Å². The second kappa shape index (κ2) is 12.6. The Morgan fingerprint density at radius 1 is 0.913 bits per heavy atom. The molecule has 2 N–H and O–H groups in total. The van der Waals surface area contributed by atoms with E-state index in [1.807, 2.05) is 78.9 Å². The number of aromatic nitrogens is 2. The lowest BCUT2D eigenvalue weighted by Gasteiger charge is -2.37. The Kier molecular flexibility index (Phi) is 8.41. The highest BCUT2D eigenvalue weighted by Gasteiger charge is 2.42. The van der Waals surface area contributed by atoms with Crippen LogP contribution in [0.15, 0.2) is 107 Å². The summed E-state index contributed by atoms with van der Waals surface area (Å²) in [5.74, 6) is 1.34. The summed E-state index contributed by atoms with van der Waals surface area (Å²) in [5, 5.41) is 22.5. The largest absolute Gasteiger partial charge is 0.497 e. The Labute approximate surface area is 262 Å². The Morgan fingerprint density at radius 3 is 2.07 bits per heavy atom. The van der Waals surface area contributed by atoms with Gasteiger partial charge in [0.05, 0.1) is 42.8 Å². The minimum atomic E-state index is -1.17. The van der Waals surface area contributed by atoms with Crippen LogP contribution in [0.3, 0.4) is 0 Å². The average Bonchev–Trinajstić information content (AvgIpc) is 3.45. The first-order valence-corrected chi connectivity index (χ1v) is 14.5. The molecule has 4 aromatic carbocycles. The Balaban J connectivity index is 1.39. The van der Waals surface area contributed by atoms with E-state index >= 15 is 0 Å². The number of nitrogens with one attached hydrogen (secondary N) is 1. The van der Waals surface area contributed by atoms with Gasteiger partial charge in [0.2, 0.25) is 0 Å². The minimum Gasteiger partial charge on any atom is -0.497 e. The summed E-state index contributed by atoms with van der Waals surface area (Å²) in [6.07, 6.45) is -2.89. The van der Waals surface area contributed by atoms with Crippen LogP contribution < -0.4 is 20.7 Å². The number of hydrogen-bond donors (Lipinski definition) is 2. The van der Waals surface area contributed by atoms with Crippen LogP contribution in [0.1, 0.15) is 29.3 Å². The molecule has 236 valence electrons. The maximum Gasteiger partial charge on any atom is 0.330 e. The topological polar surface area (TPSA) is 155 Å². The summed E-state index contributed by atoms with van der Waals surface area (Å²) in [5.41, 5.74) is -0.439. The number of aliphatic hydroxyl groups excluding tert-OH is 1. The van der Waals surface area contributed by atoms with Crippen molar-refractivity contribution in [3.63, 3.8) is 0 Å². The molecule has 5 aromatic rings. The molecule has 1 fully saturated rings. The fraction of sp³-hybridized carbons (Fsp3) is 0.235. The maximum absolute atomic E-state index is 13.0. The number of nitro groups is 1. The van der Waals surface area contributed by atoms with Gasteiger partial charge in [-0.3, -0.25) is 24.5 Å². The van der Waals surface area contributed by atoms with Gasteiger partial charge in [-0.25, -0.2) is 4.79 Å². The van der Waals surface area contributed by atoms with Gasteiger partial charge >= 0.3 is 5.69 Å². The fourth-order valence-electron chi connectivity index (χ4n) is 5.95. The Morgan fingerprint density at radius 2 is 1.50 bits per heavy atom. The Bertz CT molecular complexity index is 1930. The number of methoxy groups -OCH3 is 2. The molecule has 0 radical (unpaired) electrons. The molecule has 0 saturated carbocycles. The molecule has 1 aliphatic rings. The van der Waals surface area contributed by atoms with Gasteiger partial charge in [-0.15, -0.1) is 0 Å². The van der Waals surface area contributed by atoms with Gasteiger partial charge < -0.3 is 24.1 Å². The van der Waals surface area contributed by atoms with Crippen molar-refractivity contribution in [2.45, 2.75) is 30.5 Å². The molecule has 12 nitrogen and oxygen atoms in total. The summed E-state index contributed by atoms with van der Waals surface area (Å²) < 4.78 is 25.1. The number of non-ortho nitro benzene ring substituents is 1. The number of aliphatic hydroxyl groups is 1. The average molecular weight is 626 g/mol. The first kappa shape index (κ1) is 30.7. The number of H-pyrrole nitrogens is 1. The summed E-state index contributed by atoms with van der Waals surface area (Å²) in [4.78, 5) is 38.5. The first-order valence-electron chi connectivity index (χ1n) is 14.5. The zero-order valence-electron chi connectivity index (χ0n) is 25.0. The molecule has 1 aliphatic heterocycles. The van der Waals surface area contributed by atoms with Crippen molar-refractivity contribution in [2.24, 2.45) is 0 Å². The highest BCUT2D eigenvalue weighted by molar-refractivity contribution is 5.80. The molecule has 0 spiro atoms. The normalized spacial score (nSPS) is 18.0. The summed E-state index contributed by atoms with van der Waals surface area (Å²) in [6.45, 7) is -0.0911. The predicted molar refractivity (Wildman–Crippen MR) is 168 cm³/mol. The van der Waals surface area contributed by atoms with E-state index in [2.05, 4.69) is 4.98 Å². The summed E-state index contributed by atoms with van der Waals surface area (Å²) >= 11 is 0. The number of ether oxygens (including phenoxy) is 4. The standard InChI is InChI=1S/C34H31N3O9/c1-43-25-13-8-22(9-14-25)34(21-6-4-3-5-7-21,23-10-15-26(44-2)16-11-23)45-20-30-29(38)19-31(46-30)36-28-17-12-24(37(41)42)18-27(28)32(39)35-33(36)40/h3-18,29-31,38H,19-20H2,1-2H3,(H,35,39,40)/t29-,30+,31-/m0/s1. The molecule has 3 atom stereocenters. The number of rotatable bonds is 10. The van der Waals surface area contributed by atoms with Gasteiger partial charge in [0.15, 0.2) is 0 Å². The fourth-order valence-corrected chi connectivity index (χ4v) is 5.95. The van der Waals surface area contributed by atoms with Crippen LogP contribution in [-0.4, -0.2) is 52.6 Å². The van der Waals surface area contributed by atoms with E-state index in [1.54, 1.807) is 14.2 Å². The first-order chi connectivity index (χ1) is 22.2. The van der Waals surface area contributed by atoms with Gasteiger partial charge in [0.25, 0.3) is 11.2 Å². The van der Waals surface area contributed by atoms with Gasteiger partial charge in [0.1, 0.15) is 29.4 Å². The zero-order valence-corrected chi connectivity index (χ0v) is 25.0. The van der Waals surface area contributed by atoms with Crippen LogP contribution in [0.25, 0.3) is 10.9 Å². The smallest absolute Gasteiger partial charge is 0.330 e. The van der Waals surface area contributed by atoms with E-state index in [9.17, 15) is 24.8 Å². The second-order valence-corrected chi connectivity index (χ2v) is 10.8. The highest BCUT2D eigenvalue weighted by atomic mass is 16.6. The van der Waals surface area contributed by atoms with Crippen molar-refractivity contribution in [3.8, 4) is 11.5 Å². The van der Waals surface area contributed by atoms with Crippen LogP contribution in [0.2, 0.25) is 0 Å². The maximum atomic E-state index is 13.0. The highest BCUT2D eigenvalue weighted by Crippen LogP contribution is 2.43. The number of nitrogens with zero attached hydrogens (tertiary/aromatic N) is 2. The second-order valence-electron chi connectivity index (χ2n) is 10.8. The van der Waals surface area contributed by atoms with Crippen LogP contribution in [-0.2, 0) is 15.1 Å². The van der Waals surface area contributed by atoms with Gasteiger partial charge in [0, 0.05) is 18.6 Å². The number of hydrogen-bond acceptors (Lipinski definition) is 9. The van der Waals surface area contributed by atoms with E-state index < -0.39 is 40.2 Å². The van der Waals surface area contributed by atoms with Gasteiger partial charge in [-0.2, -0.15) is 0 Å². The molecule has 1 saturated heterocycles. The zero-order chi connectivity index (χ0) is 32.4.